The maximum atomic E-state index is 13.2. The molecule has 1 saturated heterocycles. The highest BCUT2D eigenvalue weighted by Crippen LogP contribution is 2.40. The van der Waals surface area contributed by atoms with E-state index in [2.05, 4.69) is 20.9 Å². The molecule has 3 aromatic carbocycles. The van der Waals surface area contributed by atoms with Gasteiger partial charge in [-0.2, -0.15) is 0 Å². The monoisotopic (exact) mass is 1020 g/mol. The summed E-state index contributed by atoms with van der Waals surface area (Å²) in [6, 6.07) is 12.9. The number of anilines is 2. The number of thiol groups is 1. The number of benzene rings is 3. The van der Waals surface area contributed by atoms with Crippen molar-refractivity contribution in [3.63, 3.8) is 0 Å². The van der Waals surface area contributed by atoms with Crippen LogP contribution in [0.25, 0.3) is 11.0 Å². The minimum absolute atomic E-state index is 0.00465. The van der Waals surface area contributed by atoms with Crippen LogP contribution in [0.4, 0.5) is 11.5 Å². The zero-order chi connectivity index (χ0) is 51.5. The molecule has 0 aliphatic carbocycles. The number of imidazole rings is 2. The smallest absolute Gasteiger partial charge is 0.328 e. The summed E-state index contributed by atoms with van der Waals surface area (Å²) in [4.78, 5) is 93.1. The first-order chi connectivity index (χ1) is 34.6. The highest BCUT2D eigenvalue weighted by Gasteiger charge is 2.46. The Morgan fingerprint density at radius 3 is 2.00 bits per heavy atom. The van der Waals surface area contributed by atoms with Crippen molar-refractivity contribution in [2.45, 2.75) is 38.6 Å². The van der Waals surface area contributed by atoms with E-state index < -0.39 is 53.1 Å². The number of nitrogens with one attached hydrogen (secondary N) is 3. The molecule has 5 aromatic rings. The molecule has 72 heavy (non-hydrogen) atoms. The van der Waals surface area contributed by atoms with Crippen molar-refractivity contribution in [1.82, 2.24) is 39.5 Å². The average molecular weight is 1020 g/mol. The van der Waals surface area contributed by atoms with E-state index in [0.29, 0.717) is 88.2 Å². The molecule has 0 saturated carbocycles. The van der Waals surface area contributed by atoms with Crippen LogP contribution in [0.15, 0.2) is 65.6 Å². The van der Waals surface area contributed by atoms with Gasteiger partial charge < -0.3 is 43.6 Å². The van der Waals surface area contributed by atoms with Crippen LogP contribution in [-0.4, -0.2) is 139 Å². The molecule has 6 amide bonds. The summed E-state index contributed by atoms with van der Waals surface area (Å²) in [6.07, 6.45) is 2.64. The van der Waals surface area contributed by atoms with Crippen molar-refractivity contribution in [2.24, 2.45) is 21.1 Å². The number of piperidine rings is 1. The maximum absolute atomic E-state index is 13.2. The maximum Gasteiger partial charge on any atom is 0.328 e. The number of nitrogens with zero attached hydrogens (tertiary/aromatic N) is 6. The van der Waals surface area contributed by atoms with Crippen molar-refractivity contribution in [1.29, 1.82) is 0 Å². The van der Waals surface area contributed by atoms with E-state index >= 15 is 0 Å². The molecule has 7 rings (SSSR count). The first-order valence-corrected chi connectivity index (χ1v) is 24.0. The molecule has 0 radical (unpaired) electrons. The molecular formula is C47H55N9O15S. The van der Waals surface area contributed by atoms with Gasteiger partial charge in [0.25, 0.3) is 23.6 Å². The van der Waals surface area contributed by atoms with Crippen molar-refractivity contribution >= 4 is 68.9 Å². The number of rotatable bonds is 26. The van der Waals surface area contributed by atoms with Gasteiger partial charge in [0.1, 0.15) is 34.8 Å². The number of carbonyl (C=O) groups excluding carboxylic acids is 6. The first-order valence-electron chi connectivity index (χ1n) is 22.9. The summed E-state index contributed by atoms with van der Waals surface area (Å²) in [5.41, 5.74) is 0.817. The lowest BCUT2D eigenvalue weighted by Gasteiger charge is -2.27. The summed E-state index contributed by atoms with van der Waals surface area (Å²) in [5, 5.41) is 7.63. The molecule has 0 spiro atoms. The van der Waals surface area contributed by atoms with Crippen LogP contribution in [0, 0.1) is 6.92 Å². The Labute approximate surface area is 414 Å². The van der Waals surface area contributed by atoms with Crippen LogP contribution >= 0.6 is 0 Å². The number of hydrogen-bond acceptors (Lipinski definition) is 16. The number of hydrogen-bond donors (Lipinski definition) is 4. The van der Waals surface area contributed by atoms with Crippen LogP contribution in [0.1, 0.15) is 52.2 Å². The number of ether oxygens (including phenoxy) is 6. The second kappa shape index (κ2) is 24.0. The van der Waals surface area contributed by atoms with Gasteiger partial charge in [-0.05, 0) is 56.5 Å². The van der Waals surface area contributed by atoms with Crippen LogP contribution in [0.5, 0.6) is 23.0 Å². The van der Waals surface area contributed by atoms with Crippen molar-refractivity contribution in [3.8, 4) is 23.0 Å². The molecule has 2 aliphatic heterocycles. The third-order valence-corrected chi connectivity index (χ3v) is 12.3. The van der Waals surface area contributed by atoms with Crippen molar-refractivity contribution in [3.05, 3.63) is 88.2 Å². The van der Waals surface area contributed by atoms with Gasteiger partial charge in [0.2, 0.25) is 22.7 Å². The van der Waals surface area contributed by atoms with Gasteiger partial charge in [0, 0.05) is 72.2 Å². The van der Waals surface area contributed by atoms with E-state index in [0.717, 1.165) is 9.21 Å². The Hall–Kier alpha value is -7.61. The third-order valence-electron chi connectivity index (χ3n) is 11.6. The Bertz CT molecular complexity index is 2970. The molecule has 384 valence electrons. The zero-order valence-corrected chi connectivity index (χ0v) is 40.9. The van der Waals surface area contributed by atoms with Gasteiger partial charge in [-0.3, -0.25) is 48.1 Å². The number of aryl methyl sites for hydroxylation is 4. The summed E-state index contributed by atoms with van der Waals surface area (Å²) in [6.45, 7) is 3.77. The molecule has 24 nitrogen and oxygen atoms in total. The highest BCUT2D eigenvalue weighted by molar-refractivity contribution is 7.74. The Kier molecular flexibility index (Phi) is 17.4. The average Bonchev–Trinajstić information content (AvgIpc) is 3.90. The van der Waals surface area contributed by atoms with Gasteiger partial charge >= 0.3 is 5.69 Å². The lowest BCUT2D eigenvalue weighted by molar-refractivity contribution is -0.136. The van der Waals surface area contributed by atoms with Crippen LogP contribution in [0.3, 0.4) is 0 Å². The van der Waals surface area contributed by atoms with Gasteiger partial charge in [0.15, 0.2) is 24.8 Å². The Morgan fingerprint density at radius 1 is 0.764 bits per heavy atom. The van der Waals surface area contributed by atoms with E-state index in [4.69, 9.17) is 28.4 Å². The summed E-state index contributed by atoms with van der Waals surface area (Å²) >= 11 is 0. The predicted molar refractivity (Wildman–Crippen MR) is 257 cm³/mol. The number of amides is 6. The Morgan fingerprint density at radius 2 is 1.38 bits per heavy atom. The number of imide groups is 2. The lowest BCUT2D eigenvalue weighted by atomic mass is 10.0. The molecule has 1 fully saturated rings. The Balaban J connectivity index is 0.729. The van der Waals surface area contributed by atoms with E-state index in [1.54, 1.807) is 75.2 Å². The minimum atomic E-state index is -3.25. The van der Waals surface area contributed by atoms with Gasteiger partial charge in [-0.15, -0.1) is 0 Å². The molecule has 4 heterocycles. The summed E-state index contributed by atoms with van der Waals surface area (Å²) in [5.74, 6) is -1.92. The normalized spacial score (nSPS) is 14.5. The molecular weight excluding hydrogens is 963 g/mol. The standard InChI is InChI=1S/C47H55N9O15S/c1-29-50-39(26-52(29)2)56(72(64)65)36-24-34-35(54(4)47(63)53(34)3)25-38(36)71-31-10-5-9-30(23-31)69-27-41(58)48-15-7-17-66-19-21-68-22-20-67-18-8-16-49-42(59)28-70-37-12-6-11-32-43(37)46(62)55(45(32)61)33-13-14-40(57)51-44(33)60/h5-6,9-12,23-26,33,72H,7-8,13-22,27-28H2,1-4H3,(H,48,58)(H,49,59)(H,51,57,60). The molecule has 25 heteroatoms. The zero-order valence-electron chi connectivity index (χ0n) is 40.0. The van der Waals surface area contributed by atoms with Crippen molar-refractivity contribution < 1.29 is 65.6 Å². The molecule has 1 atom stereocenters. The summed E-state index contributed by atoms with van der Waals surface area (Å²) < 4.78 is 65.2. The quantitative estimate of drug-likeness (QED) is 0.0345. The van der Waals surface area contributed by atoms with Gasteiger partial charge in [0.05, 0.1) is 48.6 Å². The van der Waals surface area contributed by atoms with E-state index in [9.17, 15) is 42.0 Å². The second-order valence-corrected chi connectivity index (χ2v) is 17.4. The third kappa shape index (κ3) is 12.5. The lowest BCUT2D eigenvalue weighted by Crippen LogP contribution is -2.54. The minimum Gasteiger partial charge on any atom is -0.484 e. The van der Waals surface area contributed by atoms with Crippen LogP contribution in [-0.2, 0) is 65.4 Å². The van der Waals surface area contributed by atoms with E-state index in [1.807, 2.05) is 0 Å². The number of carbonyl (C=O) groups is 6. The summed E-state index contributed by atoms with van der Waals surface area (Å²) in [7, 11) is 1.68. The van der Waals surface area contributed by atoms with E-state index in [1.165, 1.54) is 27.3 Å². The van der Waals surface area contributed by atoms with Crippen LogP contribution in [0.2, 0.25) is 0 Å². The molecule has 0 bridgehead atoms. The fraction of sp³-hybridized carbons (Fsp3) is 0.404. The SMILES string of the molecule is Cc1nc(N(c2cc3c(cc2Oc2cccc(OCC(=O)NCCCOCCOCCOCCCNC(=O)COc4cccc5c4C(=O)N(C4CCC(=O)NC4=O)C5=O)c2)n(C)c(=O)n3C)[SH](=O)=O)cn1C. The van der Waals surface area contributed by atoms with Gasteiger partial charge in [-0.25, -0.2) is 22.5 Å². The molecule has 2 aromatic heterocycles. The topological polar surface area (TPSA) is 279 Å². The van der Waals surface area contributed by atoms with Crippen LogP contribution < -0.4 is 40.2 Å². The van der Waals surface area contributed by atoms with E-state index in [-0.39, 0.29) is 70.9 Å². The fourth-order valence-corrected chi connectivity index (χ4v) is 8.39. The largest absolute Gasteiger partial charge is 0.484 e. The molecule has 2 aliphatic rings. The van der Waals surface area contributed by atoms with Crippen molar-refractivity contribution in [2.75, 3.05) is 70.2 Å². The predicted octanol–water partition coefficient (Wildman–Crippen LogP) is 1.30. The highest BCUT2D eigenvalue weighted by atomic mass is 32.2. The number of fused-ring (bicyclic) bond motifs is 2. The number of aromatic nitrogens is 4. The molecule has 3 N–H and O–H groups in total. The fourth-order valence-electron chi connectivity index (χ4n) is 7.80. The second-order valence-electron chi connectivity index (χ2n) is 16.5. The molecule has 1 unspecified atom stereocenters. The first kappa shape index (κ1) is 52.2. The van der Waals surface area contributed by atoms with Gasteiger partial charge in [-0.1, -0.05) is 12.1 Å².